The molecule has 0 amide bonds. The number of thiophene rings is 1. The predicted molar refractivity (Wildman–Crippen MR) is 55.1 cm³/mol. The van der Waals surface area contributed by atoms with Crippen molar-refractivity contribution in [1.82, 2.24) is 0 Å². The zero-order chi connectivity index (χ0) is 8.55. The number of hydrogen-bond donors (Lipinski definition) is 0. The van der Waals surface area contributed by atoms with Crippen molar-refractivity contribution in [2.24, 2.45) is 0 Å². The Kier molecular flexibility index (Phi) is 1.93. The highest BCUT2D eigenvalue weighted by atomic mass is 32.1. The molecule has 0 saturated carbocycles. The smallest absolute Gasteiger partial charge is 0.0513 e. The third-order valence-corrected chi connectivity index (χ3v) is 3.13. The maximum Gasteiger partial charge on any atom is 0.0513 e. The topological polar surface area (TPSA) is 3.24 Å². The molecule has 2 heteroatoms. The third kappa shape index (κ3) is 1.27. The van der Waals surface area contributed by atoms with E-state index in [2.05, 4.69) is 37.0 Å². The number of anilines is 1. The Morgan fingerprint density at radius 3 is 2.42 bits per heavy atom. The van der Waals surface area contributed by atoms with Gasteiger partial charge >= 0.3 is 0 Å². The Morgan fingerprint density at radius 2 is 1.92 bits per heavy atom. The summed E-state index contributed by atoms with van der Waals surface area (Å²) in [5, 5.41) is 0. The van der Waals surface area contributed by atoms with Crippen LogP contribution in [-0.2, 0) is 0 Å². The second-order valence-electron chi connectivity index (χ2n) is 3.17. The zero-order valence-electron chi connectivity index (χ0n) is 7.50. The molecule has 1 aliphatic heterocycles. The highest BCUT2D eigenvalue weighted by Gasteiger charge is 2.11. The summed E-state index contributed by atoms with van der Waals surface area (Å²) in [4.78, 5) is 5.25. The van der Waals surface area contributed by atoms with Crippen molar-refractivity contribution in [1.29, 1.82) is 0 Å². The molecule has 64 valence electrons. The minimum atomic E-state index is 1.08. The largest absolute Gasteiger partial charge is 0.363 e. The molecule has 0 unspecified atom stereocenters. The Balaban J connectivity index is 2.27. The van der Waals surface area contributed by atoms with E-state index in [4.69, 9.17) is 0 Å². The van der Waals surface area contributed by atoms with Crippen LogP contribution in [0.3, 0.4) is 0 Å². The van der Waals surface area contributed by atoms with Crippen molar-refractivity contribution in [3.63, 3.8) is 0 Å². The molecular weight excluding hydrogens is 166 g/mol. The molecule has 0 fully saturated rings. The van der Waals surface area contributed by atoms with Gasteiger partial charge in [0.1, 0.15) is 0 Å². The lowest BCUT2D eigenvalue weighted by Crippen LogP contribution is -2.18. The molecule has 0 N–H and O–H groups in total. The summed E-state index contributed by atoms with van der Waals surface area (Å²) in [7, 11) is 0. The predicted octanol–water partition coefficient (Wildman–Crippen LogP) is 2.74. The van der Waals surface area contributed by atoms with Crippen LogP contribution in [0.25, 0.3) is 0 Å². The number of nitrogens with zero attached hydrogens (tertiary/aromatic N) is 1. The van der Waals surface area contributed by atoms with Gasteiger partial charge in [-0.15, -0.1) is 11.3 Å². The second-order valence-corrected chi connectivity index (χ2v) is 4.64. The second kappa shape index (κ2) is 2.94. The molecule has 0 bridgehead atoms. The summed E-state index contributed by atoms with van der Waals surface area (Å²) in [5.41, 5.74) is 1.42. The molecule has 1 aliphatic rings. The van der Waals surface area contributed by atoms with Gasteiger partial charge in [0.05, 0.1) is 5.69 Å². The third-order valence-electron chi connectivity index (χ3n) is 2.17. The van der Waals surface area contributed by atoms with E-state index in [1.807, 2.05) is 11.3 Å². The molecule has 0 aromatic carbocycles. The van der Waals surface area contributed by atoms with E-state index in [9.17, 15) is 0 Å². The van der Waals surface area contributed by atoms with E-state index in [1.54, 1.807) is 0 Å². The van der Waals surface area contributed by atoms with Gasteiger partial charge in [-0.1, -0.05) is 12.2 Å². The van der Waals surface area contributed by atoms with E-state index in [0.29, 0.717) is 0 Å². The summed E-state index contributed by atoms with van der Waals surface area (Å²) >= 11 is 1.89. The van der Waals surface area contributed by atoms with Crippen molar-refractivity contribution in [3.8, 4) is 0 Å². The maximum absolute atomic E-state index is 2.40. The van der Waals surface area contributed by atoms with Gasteiger partial charge < -0.3 is 4.90 Å². The van der Waals surface area contributed by atoms with Crippen molar-refractivity contribution in [2.75, 3.05) is 18.0 Å². The summed E-state index contributed by atoms with van der Waals surface area (Å²) in [6.07, 6.45) is 4.46. The standard InChI is InChI=1S/C10H13NS/c1-8-7-10(9(2)12-8)11-5-3-4-6-11/h3-4,7H,5-6H2,1-2H3. The fraction of sp³-hybridized carbons (Fsp3) is 0.400. The molecular formula is C10H13NS. The van der Waals surface area contributed by atoms with Crippen LogP contribution < -0.4 is 4.90 Å². The van der Waals surface area contributed by atoms with Crippen LogP contribution in [0.4, 0.5) is 5.69 Å². The molecule has 1 aromatic rings. The van der Waals surface area contributed by atoms with Gasteiger partial charge in [0.15, 0.2) is 0 Å². The van der Waals surface area contributed by atoms with Crippen molar-refractivity contribution >= 4 is 17.0 Å². The normalized spacial score (nSPS) is 16.0. The first kappa shape index (κ1) is 7.87. The maximum atomic E-state index is 2.40. The lowest BCUT2D eigenvalue weighted by atomic mass is 10.3. The van der Waals surface area contributed by atoms with E-state index in [1.165, 1.54) is 15.4 Å². The molecule has 0 radical (unpaired) electrons. The average Bonchev–Trinajstić information content (AvgIpc) is 2.58. The molecule has 0 saturated heterocycles. The minimum absolute atomic E-state index is 1.08. The molecule has 12 heavy (non-hydrogen) atoms. The van der Waals surface area contributed by atoms with Gasteiger partial charge in [-0.3, -0.25) is 0 Å². The van der Waals surface area contributed by atoms with Crippen LogP contribution in [0.5, 0.6) is 0 Å². The Labute approximate surface area is 77.3 Å². The minimum Gasteiger partial charge on any atom is -0.363 e. The van der Waals surface area contributed by atoms with Gasteiger partial charge in [0.25, 0.3) is 0 Å². The van der Waals surface area contributed by atoms with Gasteiger partial charge in [0, 0.05) is 22.8 Å². The Hall–Kier alpha value is -0.760. The van der Waals surface area contributed by atoms with Gasteiger partial charge in [-0.2, -0.15) is 0 Å². The number of rotatable bonds is 1. The van der Waals surface area contributed by atoms with Crippen molar-refractivity contribution in [3.05, 3.63) is 28.0 Å². The van der Waals surface area contributed by atoms with Gasteiger partial charge in [-0.25, -0.2) is 0 Å². The molecule has 0 aliphatic carbocycles. The van der Waals surface area contributed by atoms with Crippen LogP contribution in [0.15, 0.2) is 18.2 Å². The first-order valence-electron chi connectivity index (χ1n) is 4.24. The molecule has 1 aromatic heterocycles. The van der Waals surface area contributed by atoms with Gasteiger partial charge in [0.2, 0.25) is 0 Å². The first-order valence-corrected chi connectivity index (χ1v) is 5.06. The lowest BCUT2D eigenvalue weighted by molar-refractivity contribution is 1.00. The average molecular weight is 179 g/mol. The summed E-state index contributed by atoms with van der Waals surface area (Å²) in [5.74, 6) is 0. The quantitative estimate of drug-likeness (QED) is 0.599. The summed E-state index contributed by atoms with van der Waals surface area (Å²) in [6.45, 7) is 6.53. The van der Waals surface area contributed by atoms with E-state index in [0.717, 1.165) is 13.1 Å². The Morgan fingerprint density at radius 1 is 1.25 bits per heavy atom. The Bertz CT molecular complexity index is 304. The molecule has 2 rings (SSSR count). The fourth-order valence-electron chi connectivity index (χ4n) is 1.61. The van der Waals surface area contributed by atoms with Crippen LogP contribution in [0.1, 0.15) is 9.75 Å². The number of hydrogen-bond acceptors (Lipinski definition) is 2. The molecule has 0 atom stereocenters. The van der Waals surface area contributed by atoms with Crippen LogP contribution >= 0.6 is 11.3 Å². The van der Waals surface area contributed by atoms with E-state index in [-0.39, 0.29) is 0 Å². The lowest BCUT2D eigenvalue weighted by Gasteiger charge is -2.16. The zero-order valence-corrected chi connectivity index (χ0v) is 8.32. The van der Waals surface area contributed by atoms with Crippen LogP contribution in [0.2, 0.25) is 0 Å². The monoisotopic (exact) mass is 179 g/mol. The molecule has 0 spiro atoms. The summed E-state index contributed by atoms with van der Waals surface area (Å²) < 4.78 is 0. The highest BCUT2D eigenvalue weighted by Crippen LogP contribution is 2.29. The van der Waals surface area contributed by atoms with E-state index < -0.39 is 0 Å². The molecule has 2 heterocycles. The van der Waals surface area contributed by atoms with Crippen molar-refractivity contribution < 1.29 is 0 Å². The van der Waals surface area contributed by atoms with E-state index >= 15 is 0 Å². The van der Waals surface area contributed by atoms with Crippen LogP contribution in [0, 0.1) is 13.8 Å². The van der Waals surface area contributed by atoms with Crippen molar-refractivity contribution in [2.45, 2.75) is 13.8 Å². The van der Waals surface area contributed by atoms with Crippen LogP contribution in [-0.4, -0.2) is 13.1 Å². The summed E-state index contributed by atoms with van der Waals surface area (Å²) in [6, 6.07) is 2.28. The number of aryl methyl sites for hydroxylation is 2. The highest BCUT2D eigenvalue weighted by molar-refractivity contribution is 7.12. The molecule has 1 nitrogen and oxygen atoms in total. The fourth-order valence-corrected chi connectivity index (χ4v) is 2.55. The SMILES string of the molecule is Cc1cc(N2CC=CC2)c(C)s1. The first-order chi connectivity index (χ1) is 5.77. The van der Waals surface area contributed by atoms with Gasteiger partial charge in [-0.05, 0) is 19.9 Å².